The number of amides is 2. The molecule has 0 radical (unpaired) electrons. The maximum Gasteiger partial charge on any atom is 0.341 e. The van der Waals surface area contributed by atoms with Gasteiger partial charge in [0.2, 0.25) is 11.8 Å². The summed E-state index contributed by atoms with van der Waals surface area (Å²) in [6.45, 7) is 5.87. The highest BCUT2D eigenvalue weighted by molar-refractivity contribution is 8.00. The Bertz CT molecular complexity index is 1290. The molecule has 0 spiro atoms. The van der Waals surface area contributed by atoms with E-state index in [1.165, 1.54) is 28.7 Å². The fourth-order valence-electron chi connectivity index (χ4n) is 4.67. The summed E-state index contributed by atoms with van der Waals surface area (Å²) in [7, 11) is 0. The molecule has 38 heavy (non-hydrogen) atoms. The van der Waals surface area contributed by atoms with Crippen molar-refractivity contribution in [3.63, 3.8) is 0 Å². The average molecular weight is 551 g/mol. The van der Waals surface area contributed by atoms with Gasteiger partial charge in [0.25, 0.3) is 0 Å². The summed E-state index contributed by atoms with van der Waals surface area (Å²) in [5, 5.41) is 6.09. The van der Waals surface area contributed by atoms with Crippen LogP contribution in [0.3, 0.4) is 0 Å². The van der Waals surface area contributed by atoms with Crippen LogP contribution >= 0.6 is 23.1 Å². The Morgan fingerprint density at radius 3 is 2.61 bits per heavy atom. The zero-order chi connectivity index (χ0) is 27.1. The van der Waals surface area contributed by atoms with Gasteiger partial charge in [0.05, 0.1) is 17.4 Å². The van der Waals surface area contributed by atoms with E-state index in [1.54, 1.807) is 6.92 Å². The number of thiophene rings is 1. The summed E-state index contributed by atoms with van der Waals surface area (Å²) < 4.78 is 5.38. The van der Waals surface area contributed by atoms with Crippen molar-refractivity contribution >= 4 is 51.6 Å². The van der Waals surface area contributed by atoms with E-state index >= 15 is 0 Å². The number of benzene rings is 2. The van der Waals surface area contributed by atoms with Crippen molar-refractivity contribution in [1.82, 2.24) is 0 Å². The third-order valence-electron chi connectivity index (χ3n) is 6.53. The zero-order valence-electron chi connectivity index (χ0n) is 22.0. The van der Waals surface area contributed by atoms with E-state index in [9.17, 15) is 14.4 Å². The number of carbonyl (C=O) groups is 3. The number of nitrogens with one attached hydrogen (secondary N) is 2. The lowest BCUT2D eigenvalue weighted by Gasteiger charge is -2.23. The number of hydrogen-bond acceptors (Lipinski definition) is 6. The molecule has 4 rings (SSSR count). The third kappa shape index (κ3) is 6.85. The van der Waals surface area contributed by atoms with E-state index in [4.69, 9.17) is 4.74 Å². The number of esters is 1. The molecule has 0 bridgehead atoms. The molecule has 2 atom stereocenters. The van der Waals surface area contributed by atoms with Gasteiger partial charge in [0.15, 0.2) is 0 Å². The largest absolute Gasteiger partial charge is 0.462 e. The molecular formula is C30H34N2O4S2. The molecule has 0 aliphatic heterocycles. The molecule has 1 aromatic heterocycles. The topological polar surface area (TPSA) is 84.5 Å². The number of thioether (sulfide) groups is 1. The van der Waals surface area contributed by atoms with Crippen LogP contribution < -0.4 is 10.6 Å². The van der Waals surface area contributed by atoms with E-state index in [0.29, 0.717) is 28.6 Å². The van der Waals surface area contributed by atoms with Gasteiger partial charge in [-0.2, -0.15) is 0 Å². The minimum atomic E-state index is -0.414. The summed E-state index contributed by atoms with van der Waals surface area (Å²) in [5.74, 6) is -0.197. The SMILES string of the molecule is CCCC(=O)Nc1cccc(SC(C)C(=O)Nc2sc3c(c2C(=O)OCC)CCC(c2ccccc2)C3)c1. The maximum atomic E-state index is 13.2. The predicted molar refractivity (Wildman–Crippen MR) is 155 cm³/mol. The molecule has 200 valence electrons. The number of ether oxygens (including phenoxy) is 1. The molecule has 2 aromatic carbocycles. The van der Waals surface area contributed by atoms with Crippen molar-refractivity contribution in [3.05, 3.63) is 76.2 Å². The normalized spacial score (nSPS) is 15.3. The van der Waals surface area contributed by atoms with Gasteiger partial charge in [-0.3, -0.25) is 9.59 Å². The van der Waals surface area contributed by atoms with E-state index in [1.807, 2.05) is 44.2 Å². The Morgan fingerprint density at radius 1 is 1.08 bits per heavy atom. The van der Waals surface area contributed by atoms with Crippen molar-refractivity contribution in [1.29, 1.82) is 0 Å². The Balaban J connectivity index is 1.49. The number of rotatable bonds is 10. The second kappa shape index (κ2) is 13.1. The fraction of sp³-hybridized carbons (Fsp3) is 0.367. The first-order valence-electron chi connectivity index (χ1n) is 13.1. The summed E-state index contributed by atoms with van der Waals surface area (Å²) in [5.41, 5.74) is 3.52. The van der Waals surface area contributed by atoms with E-state index < -0.39 is 5.25 Å². The second-order valence-electron chi connectivity index (χ2n) is 9.35. The van der Waals surface area contributed by atoms with Crippen molar-refractivity contribution in [2.45, 2.75) is 68.9 Å². The monoisotopic (exact) mass is 550 g/mol. The van der Waals surface area contributed by atoms with Crippen LogP contribution in [-0.4, -0.2) is 29.6 Å². The molecule has 0 fully saturated rings. The van der Waals surface area contributed by atoms with Gasteiger partial charge in [-0.1, -0.05) is 43.3 Å². The Morgan fingerprint density at radius 2 is 1.87 bits per heavy atom. The number of fused-ring (bicyclic) bond motifs is 1. The minimum Gasteiger partial charge on any atom is -0.462 e. The smallest absolute Gasteiger partial charge is 0.341 e. The Hall–Kier alpha value is -3.10. The first-order valence-corrected chi connectivity index (χ1v) is 14.8. The standard InChI is InChI=1S/C30H34N2O4S2/c1-4-10-26(33)31-22-13-9-14-23(18-22)37-19(3)28(34)32-29-27(30(35)36-5-2)24-16-15-21(17-25(24)38-29)20-11-7-6-8-12-20/h6-9,11-14,18-19,21H,4-5,10,15-17H2,1-3H3,(H,31,33)(H,32,34). The highest BCUT2D eigenvalue weighted by Gasteiger charge is 2.31. The zero-order valence-corrected chi connectivity index (χ0v) is 23.7. The molecule has 1 heterocycles. The van der Waals surface area contributed by atoms with E-state index in [-0.39, 0.29) is 24.4 Å². The first-order chi connectivity index (χ1) is 18.4. The molecule has 2 N–H and O–H groups in total. The van der Waals surface area contributed by atoms with Crippen LogP contribution in [0.5, 0.6) is 0 Å². The lowest BCUT2D eigenvalue weighted by atomic mass is 9.83. The van der Waals surface area contributed by atoms with E-state index in [0.717, 1.165) is 41.0 Å². The first kappa shape index (κ1) is 27.9. The van der Waals surface area contributed by atoms with Gasteiger partial charge < -0.3 is 15.4 Å². The number of anilines is 2. The molecular weight excluding hydrogens is 516 g/mol. The van der Waals surface area contributed by atoms with E-state index in [2.05, 4.69) is 34.9 Å². The van der Waals surface area contributed by atoms with Gasteiger partial charge in [0, 0.05) is 21.9 Å². The van der Waals surface area contributed by atoms with Crippen molar-refractivity contribution < 1.29 is 19.1 Å². The quantitative estimate of drug-likeness (QED) is 0.209. The summed E-state index contributed by atoms with van der Waals surface area (Å²) in [6.07, 6.45) is 3.81. The Labute approximate surface area is 232 Å². The molecule has 3 aromatic rings. The number of hydrogen-bond donors (Lipinski definition) is 2. The van der Waals surface area contributed by atoms with Crippen molar-refractivity contribution in [3.8, 4) is 0 Å². The lowest BCUT2D eigenvalue weighted by molar-refractivity contribution is -0.116. The van der Waals surface area contributed by atoms with Crippen LogP contribution in [0, 0.1) is 0 Å². The summed E-state index contributed by atoms with van der Waals surface area (Å²) in [6, 6.07) is 17.9. The van der Waals surface area contributed by atoms with Crippen molar-refractivity contribution in [2.75, 3.05) is 17.2 Å². The van der Waals surface area contributed by atoms with Crippen molar-refractivity contribution in [2.24, 2.45) is 0 Å². The van der Waals surface area contributed by atoms with Crippen LogP contribution in [0.4, 0.5) is 10.7 Å². The van der Waals surface area contributed by atoms with Crippen LogP contribution in [0.15, 0.2) is 59.5 Å². The average Bonchev–Trinajstić information content (AvgIpc) is 3.26. The maximum absolute atomic E-state index is 13.2. The summed E-state index contributed by atoms with van der Waals surface area (Å²) >= 11 is 2.90. The number of carbonyl (C=O) groups excluding carboxylic acids is 3. The molecule has 8 heteroatoms. The minimum absolute atomic E-state index is 0.0249. The molecule has 2 unspecified atom stereocenters. The van der Waals surface area contributed by atoms with Crippen LogP contribution in [0.1, 0.15) is 72.3 Å². The lowest BCUT2D eigenvalue weighted by Crippen LogP contribution is -2.23. The molecule has 6 nitrogen and oxygen atoms in total. The molecule has 1 aliphatic rings. The van der Waals surface area contributed by atoms with Crippen LogP contribution in [0.25, 0.3) is 0 Å². The fourth-order valence-corrected chi connectivity index (χ4v) is 6.92. The molecule has 2 amide bonds. The molecule has 1 aliphatic carbocycles. The van der Waals surface area contributed by atoms with Gasteiger partial charge in [-0.25, -0.2) is 4.79 Å². The highest BCUT2D eigenvalue weighted by atomic mass is 32.2. The van der Waals surface area contributed by atoms with Gasteiger partial charge >= 0.3 is 5.97 Å². The molecule has 0 saturated carbocycles. The van der Waals surface area contributed by atoms with Gasteiger partial charge in [0.1, 0.15) is 5.00 Å². The Kier molecular flexibility index (Phi) is 9.63. The highest BCUT2D eigenvalue weighted by Crippen LogP contribution is 2.43. The van der Waals surface area contributed by atoms with Gasteiger partial charge in [-0.15, -0.1) is 23.1 Å². The van der Waals surface area contributed by atoms with Crippen LogP contribution in [-0.2, 0) is 27.2 Å². The predicted octanol–water partition coefficient (Wildman–Crippen LogP) is 7.06. The van der Waals surface area contributed by atoms with Crippen LogP contribution in [0.2, 0.25) is 0 Å². The third-order valence-corrected chi connectivity index (χ3v) is 8.79. The second-order valence-corrected chi connectivity index (χ2v) is 11.9. The molecule has 0 saturated heterocycles. The van der Waals surface area contributed by atoms with Gasteiger partial charge in [-0.05, 0) is 74.8 Å². The summed E-state index contributed by atoms with van der Waals surface area (Å²) in [4.78, 5) is 40.2.